The molecular weight excluding hydrogens is 421 g/mol. The van der Waals surface area contributed by atoms with E-state index in [1.54, 1.807) is 29.8 Å². The van der Waals surface area contributed by atoms with Gasteiger partial charge in [-0.15, -0.1) is 0 Å². The van der Waals surface area contributed by atoms with E-state index in [2.05, 4.69) is 30.8 Å². The standard InChI is InChI=1S/C20H24FN7O4/c1-20(4-5-20)25-19(29)32-13-10-31-17(16(13)21)12-7-14(27-26-12)24-18-22-6-3-15-23-11(9-30-2)8-28(15)18/h3,6-8,13,16-17H,4-5,9-10H2,1-2H3,(H,25,29)(H2,22,24,26,27)/t13-,16+,17-/m1/s1. The Morgan fingerprint density at radius 1 is 1.47 bits per heavy atom. The van der Waals surface area contributed by atoms with E-state index in [4.69, 9.17) is 14.2 Å². The Hall–Kier alpha value is -3.25. The van der Waals surface area contributed by atoms with E-state index in [9.17, 15) is 9.18 Å². The van der Waals surface area contributed by atoms with E-state index < -0.39 is 24.5 Å². The molecule has 3 aromatic heterocycles. The zero-order chi connectivity index (χ0) is 22.3. The third-order valence-corrected chi connectivity index (χ3v) is 5.61. The number of carbonyl (C=O) groups is 1. The van der Waals surface area contributed by atoms with Gasteiger partial charge in [-0.1, -0.05) is 0 Å². The predicted octanol–water partition coefficient (Wildman–Crippen LogP) is 2.40. The van der Waals surface area contributed by atoms with Crippen molar-refractivity contribution < 1.29 is 23.4 Å². The molecule has 1 aliphatic carbocycles. The number of aromatic amines is 1. The van der Waals surface area contributed by atoms with Crippen LogP contribution in [0, 0.1) is 0 Å². The molecule has 12 heteroatoms. The van der Waals surface area contributed by atoms with Crippen LogP contribution in [0.5, 0.6) is 0 Å². The van der Waals surface area contributed by atoms with E-state index in [-0.39, 0.29) is 12.1 Å². The van der Waals surface area contributed by atoms with Crippen molar-refractivity contribution in [3.05, 3.63) is 35.9 Å². The molecule has 0 unspecified atom stereocenters. The highest BCUT2D eigenvalue weighted by atomic mass is 19.1. The molecule has 0 aromatic carbocycles. The number of alkyl halides is 1. The number of amides is 1. The Morgan fingerprint density at radius 3 is 3.09 bits per heavy atom. The first-order valence-corrected chi connectivity index (χ1v) is 10.3. The number of alkyl carbamates (subject to hydrolysis) is 1. The average Bonchev–Trinajstić information content (AvgIpc) is 3.12. The van der Waals surface area contributed by atoms with Crippen LogP contribution in [0.15, 0.2) is 24.5 Å². The summed E-state index contributed by atoms with van der Waals surface area (Å²) in [6.45, 7) is 2.27. The van der Waals surface area contributed by atoms with Crippen molar-refractivity contribution >= 4 is 23.5 Å². The smallest absolute Gasteiger partial charge is 0.408 e. The van der Waals surface area contributed by atoms with Crippen molar-refractivity contribution in [1.82, 2.24) is 29.9 Å². The van der Waals surface area contributed by atoms with Crippen LogP contribution >= 0.6 is 0 Å². The topological polar surface area (TPSA) is 128 Å². The molecule has 0 bridgehead atoms. The first kappa shape index (κ1) is 20.6. The van der Waals surface area contributed by atoms with Gasteiger partial charge in [-0.05, 0) is 25.8 Å². The molecule has 3 N–H and O–H groups in total. The summed E-state index contributed by atoms with van der Waals surface area (Å²) >= 11 is 0. The highest BCUT2D eigenvalue weighted by Gasteiger charge is 2.44. The highest BCUT2D eigenvalue weighted by Crippen LogP contribution is 2.36. The fourth-order valence-corrected chi connectivity index (χ4v) is 3.60. The van der Waals surface area contributed by atoms with Gasteiger partial charge in [-0.25, -0.2) is 19.2 Å². The van der Waals surface area contributed by atoms with Crippen molar-refractivity contribution in [3.63, 3.8) is 0 Å². The number of fused-ring (bicyclic) bond motifs is 1. The lowest BCUT2D eigenvalue weighted by atomic mass is 10.1. The van der Waals surface area contributed by atoms with Gasteiger partial charge < -0.3 is 24.8 Å². The number of nitrogens with zero attached hydrogens (tertiary/aromatic N) is 4. The number of carbonyl (C=O) groups excluding carboxylic acids is 1. The van der Waals surface area contributed by atoms with Gasteiger partial charge in [-0.2, -0.15) is 5.10 Å². The third kappa shape index (κ3) is 4.10. The van der Waals surface area contributed by atoms with Crippen LogP contribution in [0.3, 0.4) is 0 Å². The van der Waals surface area contributed by atoms with E-state index in [0.29, 0.717) is 29.7 Å². The van der Waals surface area contributed by atoms with E-state index in [1.807, 2.05) is 13.1 Å². The maximum absolute atomic E-state index is 14.9. The van der Waals surface area contributed by atoms with Gasteiger partial charge in [0.05, 0.1) is 24.6 Å². The van der Waals surface area contributed by atoms with Crippen LogP contribution < -0.4 is 10.6 Å². The SMILES string of the molecule is COCc1cn2c(Nc3cc([C@H]4OC[C@@H](OC(=O)NC5(C)CC5)[C@@H]4F)[nH]n3)nccc2n1. The lowest BCUT2D eigenvalue weighted by Crippen LogP contribution is -2.39. The van der Waals surface area contributed by atoms with Gasteiger partial charge in [0, 0.05) is 31.1 Å². The molecule has 170 valence electrons. The van der Waals surface area contributed by atoms with Gasteiger partial charge in [0.1, 0.15) is 11.8 Å². The summed E-state index contributed by atoms with van der Waals surface area (Å²) in [6, 6.07) is 3.42. The Morgan fingerprint density at radius 2 is 2.31 bits per heavy atom. The molecule has 1 aliphatic heterocycles. The summed E-state index contributed by atoms with van der Waals surface area (Å²) in [4.78, 5) is 20.8. The van der Waals surface area contributed by atoms with Crippen LogP contribution in [-0.2, 0) is 20.8 Å². The van der Waals surface area contributed by atoms with Crippen molar-refractivity contribution in [1.29, 1.82) is 0 Å². The zero-order valence-electron chi connectivity index (χ0n) is 17.7. The van der Waals surface area contributed by atoms with Crippen molar-refractivity contribution in [3.8, 4) is 0 Å². The molecular formula is C20H24FN7O4. The first-order chi connectivity index (χ1) is 15.4. The maximum atomic E-state index is 14.9. The fourth-order valence-electron chi connectivity index (χ4n) is 3.60. The average molecular weight is 445 g/mol. The minimum Gasteiger partial charge on any atom is -0.441 e. The number of ether oxygens (including phenoxy) is 3. The van der Waals surface area contributed by atoms with Crippen LogP contribution in [0.25, 0.3) is 5.65 Å². The van der Waals surface area contributed by atoms with E-state index >= 15 is 0 Å². The zero-order valence-corrected chi connectivity index (χ0v) is 17.7. The lowest BCUT2D eigenvalue weighted by molar-refractivity contribution is 0.0604. The number of methoxy groups -OCH3 is 1. The van der Waals surface area contributed by atoms with E-state index in [0.717, 1.165) is 18.5 Å². The monoisotopic (exact) mass is 445 g/mol. The molecule has 1 amide bonds. The van der Waals surface area contributed by atoms with Crippen LogP contribution in [0.2, 0.25) is 0 Å². The molecule has 0 radical (unpaired) electrons. The molecule has 3 atom stereocenters. The summed E-state index contributed by atoms with van der Waals surface area (Å²) in [5, 5.41) is 12.8. The van der Waals surface area contributed by atoms with Crippen molar-refractivity contribution in [2.45, 2.75) is 50.3 Å². The second kappa shape index (κ2) is 8.02. The predicted molar refractivity (Wildman–Crippen MR) is 110 cm³/mol. The summed E-state index contributed by atoms with van der Waals surface area (Å²) in [6.07, 6.45) is 1.18. The molecule has 32 heavy (non-hydrogen) atoms. The number of anilines is 2. The summed E-state index contributed by atoms with van der Waals surface area (Å²) < 4.78 is 32.6. The maximum Gasteiger partial charge on any atom is 0.408 e. The second-order valence-corrected chi connectivity index (χ2v) is 8.32. The van der Waals surface area contributed by atoms with Crippen LogP contribution in [-0.4, -0.2) is 62.2 Å². The molecule has 0 spiro atoms. The van der Waals surface area contributed by atoms with Crippen molar-refractivity contribution in [2.75, 3.05) is 19.0 Å². The molecule has 3 aromatic rings. The van der Waals surface area contributed by atoms with Crippen LogP contribution in [0.1, 0.15) is 37.3 Å². The first-order valence-electron chi connectivity index (χ1n) is 10.3. The minimum absolute atomic E-state index is 0.0318. The molecule has 2 fully saturated rings. The number of H-pyrrole nitrogens is 1. The molecule has 1 saturated carbocycles. The highest BCUT2D eigenvalue weighted by molar-refractivity contribution is 5.69. The van der Waals surface area contributed by atoms with Gasteiger partial charge >= 0.3 is 6.09 Å². The van der Waals surface area contributed by atoms with Gasteiger partial charge in [-0.3, -0.25) is 9.50 Å². The third-order valence-electron chi connectivity index (χ3n) is 5.61. The van der Waals surface area contributed by atoms with Gasteiger partial charge in [0.15, 0.2) is 18.1 Å². The van der Waals surface area contributed by atoms with E-state index in [1.165, 1.54) is 0 Å². The number of hydrogen-bond acceptors (Lipinski definition) is 8. The number of imidazole rings is 1. The molecule has 2 aliphatic rings. The molecule has 1 saturated heterocycles. The Bertz CT molecular complexity index is 1130. The number of rotatable bonds is 7. The fraction of sp³-hybridized carbons (Fsp3) is 0.500. The second-order valence-electron chi connectivity index (χ2n) is 8.32. The molecule has 4 heterocycles. The van der Waals surface area contributed by atoms with Crippen LogP contribution in [0.4, 0.5) is 21.0 Å². The lowest BCUT2D eigenvalue weighted by Gasteiger charge is -2.17. The molecule has 5 rings (SSSR count). The number of halogens is 1. The minimum atomic E-state index is -1.52. The quantitative estimate of drug-likeness (QED) is 0.506. The van der Waals surface area contributed by atoms with Gasteiger partial charge in [0.25, 0.3) is 0 Å². The Kier molecular flexibility index (Phi) is 5.18. The summed E-state index contributed by atoms with van der Waals surface area (Å²) in [5.74, 6) is 0.924. The summed E-state index contributed by atoms with van der Waals surface area (Å²) in [5.41, 5.74) is 1.66. The largest absolute Gasteiger partial charge is 0.441 e. The number of nitrogens with one attached hydrogen (secondary N) is 3. The van der Waals surface area contributed by atoms with Crippen molar-refractivity contribution in [2.24, 2.45) is 0 Å². The molecule has 11 nitrogen and oxygen atoms in total. The normalized spacial score (nSPS) is 23.9. The van der Waals surface area contributed by atoms with Gasteiger partial charge in [0.2, 0.25) is 5.95 Å². The summed E-state index contributed by atoms with van der Waals surface area (Å²) in [7, 11) is 1.60. The Labute approximate surface area is 182 Å². The Balaban J connectivity index is 1.25. The number of hydrogen-bond donors (Lipinski definition) is 3. The number of aromatic nitrogens is 5.